The number of benzene rings is 2. The van der Waals surface area contributed by atoms with E-state index in [9.17, 15) is 19.5 Å². The monoisotopic (exact) mass is 351 g/mol. The van der Waals surface area contributed by atoms with Crippen molar-refractivity contribution in [2.45, 2.75) is 33.1 Å². The van der Waals surface area contributed by atoms with Gasteiger partial charge in [0.2, 0.25) is 5.91 Å². The maximum atomic E-state index is 12.5. The van der Waals surface area contributed by atoms with Crippen LogP contribution in [0.25, 0.3) is 0 Å². The molecule has 0 fully saturated rings. The molecule has 134 valence electrons. The van der Waals surface area contributed by atoms with Gasteiger partial charge < -0.3 is 10.4 Å². The SMILES string of the molecule is CC(=O)c1ccc(NC(=O)CC2(C(=O)O)Cc3ccccc3C2)cc1C. The zero-order valence-corrected chi connectivity index (χ0v) is 14.8. The van der Waals surface area contributed by atoms with Crippen LogP contribution < -0.4 is 5.32 Å². The normalized spacial score (nSPS) is 14.5. The summed E-state index contributed by atoms with van der Waals surface area (Å²) in [5.74, 6) is -1.32. The Morgan fingerprint density at radius 1 is 1.08 bits per heavy atom. The maximum absolute atomic E-state index is 12.5. The highest BCUT2D eigenvalue weighted by molar-refractivity contribution is 5.98. The van der Waals surface area contributed by atoms with Crippen molar-refractivity contribution in [1.82, 2.24) is 0 Å². The zero-order chi connectivity index (χ0) is 18.9. The third-order valence-electron chi connectivity index (χ3n) is 5.02. The summed E-state index contributed by atoms with van der Waals surface area (Å²) in [4.78, 5) is 36.0. The number of aliphatic carboxylic acids is 1. The number of nitrogens with one attached hydrogen (secondary N) is 1. The summed E-state index contributed by atoms with van der Waals surface area (Å²) in [6.45, 7) is 3.30. The first-order chi connectivity index (χ1) is 12.3. The van der Waals surface area contributed by atoms with Gasteiger partial charge in [-0.1, -0.05) is 24.3 Å². The Kier molecular flexibility index (Phi) is 4.64. The minimum atomic E-state index is -1.11. The molecule has 1 amide bonds. The average molecular weight is 351 g/mol. The Bertz CT molecular complexity index is 876. The van der Waals surface area contributed by atoms with Gasteiger partial charge in [-0.3, -0.25) is 14.4 Å². The molecular formula is C21H21NO4. The van der Waals surface area contributed by atoms with E-state index in [-0.39, 0.29) is 18.1 Å². The summed E-state index contributed by atoms with van der Waals surface area (Å²) < 4.78 is 0. The van der Waals surface area contributed by atoms with Crippen LogP contribution in [-0.2, 0) is 22.4 Å². The molecule has 26 heavy (non-hydrogen) atoms. The van der Waals surface area contributed by atoms with E-state index in [1.807, 2.05) is 24.3 Å². The van der Waals surface area contributed by atoms with Crippen molar-refractivity contribution in [3.05, 3.63) is 64.7 Å². The topological polar surface area (TPSA) is 83.5 Å². The molecule has 2 N–H and O–H groups in total. The number of carboxylic acid groups (broad SMARTS) is 1. The van der Waals surface area contributed by atoms with Gasteiger partial charge in [0.1, 0.15) is 0 Å². The molecule has 5 nitrogen and oxygen atoms in total. The summed E-state index contributed by atoms with van der Waals surface area (Å²) in [5, 5.41) is 12.5. The van der Waals surface area contributed by atoms with Gasteiger partial charge in [0.25, 0.3) is 0 Å². The number of amides is 1. The molecule has 0 aliphatic heterocycles. The van der Waals surface area contributed by atoms with Crippen LogP contribution in [0.5, 0.6) is 0 Å². The summed E-state index contributed by atoms with van der Waals surface area (Å²) in [5.41, 5.74) is 2.82. The van der Waals surface area contributed by atoms with Crippen molar-refractivity contribution in [2.75, 3.05) is 5.32 Å². The molecule has 0 bridgehead atoms. The van der Waals surface area contributed by atoms with Crippen LogP contribution >= 0.6 is 0 Å². The fraction of sp³-hybridized carbons (Fsp3) is 0.286. The van der Waals surface area contributed by atoms with Crippen molar-refractivity contribution in [3.8, 4) is 0 Å². The number of carbonyl (C=O) groups excluding carboxylic acids is 2. The fourth-order valence-electron chi connectivity index (χ4n) is 3.69. The van der Waals surface area contributed by atoms with Crippen LogP contribution in [0.1, 0.15) is 40.4 Å². The second-order valence-corrected chi connectivity index (χ2v) is 7.02. The van der Waals surface area contributed by atoms with E-state index >= 15 is 0 Å². The molecule has 3 rings (SSSR count). The number of hydrogen-bond donors (Lipinski definition) is 2. The number of anilines is 1. The Hall–Kier alpha value is -2.95. The quantitative estimate of drug-likeness (QED) is 0.809. The summed E-state index contributed by atoms with van der Waals surface area (Å²) in [7, 11) is 0. The van der Waals surface area contributed by atoms with E-state index in [0.717, 1.165) is 16.7 Å². The molecule has 0 spiro atoms. The molecule has 0 heterocycles. The highest BCUT2D eigenvalue weighted by Gasteiger charge is 2.45. The molecule has 1 aliphatic carbocycles. The summed E-state index contributed by atoms with van der Waals surface area (Å²) in [6, 6.07) is 12.7. The van der Waals surface area contributed by atoms with Crippen molar-refractivity contribution in [1.29, 1.82) is 0 Å². The highest BCUT2D eigenvalue weighted by Crippen LogP contribution is 2.40. The number of aryl methyl sites for hydroxylation is 1. The number of fused-ring (bicyclic) bond motifs is 1. The summed E-state index contributed by atoms with van der Waals surface area (Å²) in [6.07, 6.45) is 0.618. The molecule has 0 unspecified atom stereocenters. The van der Waals surface area contributed by atoms with Crippen LogP contribution in [0.4, 0.5) is 5.69 Å². The van der Waals surface area contributed by atoms with Gasteiger partial charge in [-0.15, -0.1) is 0 Å². The Balaban J connectivity index is 1.75. The fourth-order valence-corrected chi connectivity index (χ4v) is 3.69. The van der Waals surface area contributed by atoms with E-state index in [4.69, 9.17) is 0 Å². The molecule has 2 aromatic carbocycles. The smallest absolute Gasteiger partial charge is 0.310 e. The first kappa shape index (κ1) is 17.9. The molecule has 1 aliphatic rings. The Morgan fingerprint density at radius 3 is 2.19 bits per heavy atom. The van der Waals surface area contributed by atoms with Crippen molar-refractivity contribution >= 4 is 23.3 Å². The van der Waals surface area contributed by atoms with E-state index in [1.54, 1.807) is 25.1 Å². The molecular weight excluding hydrogens is 330 g/mol. The number of carboxylic acids is 1. The van der Waals surface area contributed by atoms with Crippen molar-refractivity contribution in [2.24, 2.45) is 5.41 Å². The zero-order valence-electron chi connectivity index (χ0n) is 14.8. The number of rotatable bonds is 5. The second-order valence-electron chi connectivity index (χ2n) is 7.02. The maximum Gasteiger partial charge on any atom is 0.310 e. The van der Waals surface area contributed by atoms with Gasteiger partial charge in [-0.05, 0) is 61.6 Å². The van der Waals surface area contributed by atoms with Crippen LogP contribution in [0.3, 0.4) is 0 Å². The molecule has 0 saturated heterocycles. The second kappa shape index (κ2) is 6.75. The lowest BCUT2D eigenvalue weighted by Gasteiger charge is -2.23. The minimum absolute atomic E-state index is 0.0334. The lowest BCUT2D eigenvalue weighted by Crippen LogP contribution is -2.36. The van der Waals surface area contributed by atoms with Gasteiger partial charge in [-0.25, -0.2) is 0 Å². The average Bonchev–Trinajstić information content (AvgIpc) is 2.93. The highest BCUT2D eigenvalue weighted by atomic mass is 16.4. The van der Waals surface area contributed by atoms with Crippen LogP contribution in [0.2, 0.25) is 0 Å². The predicted molar refractivity (Wildman–Crippen MR) is 98.3 cm³/mol. The third kappa shape index (κ3) is 3.38. The number of Topliss-reactive ketones (excluding diaryl/α,β-unsaturated/α-hetero) is 1. The van der Waals surface area contributed by atoms with Crippen LogP contribution in [0, 0.1) is 12.3 Å². The van der Waals surface area contributed by atoms with E-state index in [0.29, 0.717) is 24.1 Å². The molecule has 0 saturated carbocycles. The lowest BCUT2D eigenvalue weighted by molar-refractivity contribution is -0.150. The van der Waals surface area contributed by atoms with E-state index in [2.05, 4.69) is 5.32 Å². The number of carbonyl (C=O) groups is 3. The van der Waals surface area contributed by atoms with Crippen LogP contribution in [0.15, 0.2) is 42.5 Å². The van der Waals surface area contributed by atoms with Crippen molar-refractivity contribution in [3.63, 3.8) is 0 Å². The van der Waals surface area contributed by atoms with Gasteiger partial charge in [0, 0.05) is 17.7 Å². The largest absolute Gasteiger partial charge is 0.481 e. The number of hydrogen-bond acceptors (Lipinski definition) is 3. The third-order valence-corrected chi connectivity index (χ3v) is 5.02. The molecule has 2 aromatic rings. The molecule has 0 radical (unpaired) electrons. The first-order valence-corrected chi connectivity index (χ1v) is 8.52. The Labute approximate surface area is 152 Å². The Morgan fingerprint density at radius 2 is 1.69 bits per heavy atom. The van der Waals surface area contributed by atoms with Gasteiger partial charge in [-0.2, -0.15) is 0 Å². The van der Waals surface area contributed by atoms with Gasteiger partial charge in [0.15, 0.2) is 5.78 Å². The molecule has 5 heteroatoms. The first-order valence-electron chi connectivity index (χ1n) is 8.52. The number of ketones is 1. The standard InChI is InChI=1S/C21H21NO4/c1-13-9-17(7-8-18(13)14(2)23)22-19(24)12-21(20(25)26)10-15-5-3-4-6-16(15)11-21/h3-9H,10-12H2,1-2H3,(H,22,24)(H,25,26). The predicted octanol–water partition coefficient (Wildman–Crippen LogP) is 3.40. The van der Waals surface area contributed by atoms with E-state index < -0.39 is 11.4 Å². The summed E-state index contributed by atoms with van der Waals surface area (Å²) >= 11 is 0. The van der Waals surface area contributed by atoms with E-state index in [1.165, 1.54) is 6.92 Å². The minimum Gasteiger partial charge on any atom is -0.481 e. The molecule has 0 atom stereocenters. The lowest BCUT2D eigenvalue weighted by atomic mass is 9.81. The molecule has 0 aromatic heterocycles. The van der Waals surface area contributed by atoms with Crippen LogP contribution in [-0.4, -0.2) is 22.8 Å². The van der Waals surface area contributed by atoms with Gasteiger partial charge >= 0.3 is 5.97 Å². The van der Waals surface area contributed by atoms with Gasteiger partial charge in [0.05, 0.1) is 5.41 Å². The van der Waals surface area contributed by atoms with Crippen molar-refractivity contribution < 1.29 is 19.5 Å².